The fourth-order valence-electron chi connectivity index (χ4n) is 2.16. The molecule has 0 aliphatic heterocycles. The third kappa shape index (κ3) is 2.00. The summed E-state index contributed by atoms with van der Waals surface area (Å²) in [6.45, 7) is 4.38. The Morgan fingerprint density at radius 2 is 2.11 bits per heavy atom. The molecule has 0 bridgehead atoms. The topological polar surface area (TPSA) is 64.9 Å². The highest BCUT2D eigenvalue weighted by Gasteiger charge is 2.09. The lowest BCUT2D eigenvalue weighted by molar-refractivity contribution is 0.613. The van der Waals surface area contributed by atoms with Crippen LogP contribution in [0.2, 0.25) is 0 Å². The second kappa shape index (κ2) is 4.48. The predicted molar refractivity (Wildman–Crippen MR) is 74.6 cm³/mol. The normalized spacial score (nSPS) is 11.1. The van der Waals surface area contributed by atoms with Crippen molar-refractivity contribution in [1.82, 2.24) is 9.97 Å². The van der Waals surface area contributed by atoms with Crippen LogP contribution < -0.4 is 5.73 Å². The lowest BCUT2D eigenvalue weighted by Crippen LogP contribution is -2.03. The molecule has 3 aromatic rings. The number of hydrogen-bond donors (Lipinski definition) is 1. The molecule has 2 aromatic heterocycles. The number of fused-ring (bicyclic) bond motifs is 1. The minimum absolute atomic E-state index is 0.396. The molecule has 2 heterocycles. The van der Waals surface area contributed by atoms with E-state index in [1.165, 1.54) is 0 Å². The van der Waals surface area contributed by atoms with Crippen LogP contribution >= 0.6 is 0 Å². The maximum Gasteiger partial charge on any atom is 0.134 e. The van der Waals surface area contributed by atoms with Gasteiger partial charge >= 0.3 is 0 Å². The summed E-state index contributed by atoms with van der Waals surface area (Å²) in [5, 5.41) is 1.11. The van der Waals surface area contributed by atoms with Gasteiger partial charge in [0.05, 0.1) is 29.5 Å². The largest absolute Gasteiger partial charge is 0.464 e. The van der Waals surface area contributed by atoms with Gasteiger partial charge in [-0.1, -0.05) is 0 Å². The van der Waals surface area contributed by atoms with Crippen molar-refractivity contribution in [1.29, 1.82) is 0 Å². The number of nitrogens with zero attached hydrogens (tertiary/aromatic N) is 2. The van der Waals surface area contributed by atoms with Crippen molar-refractivity contribution < 1.29 is 4.42 Å². The van der Waals surface area contributed by atoms with E-state index in [4.69, 9.17) is 10.2 Å². The summed E-state index contributed by atoms with van der Waals surface area (Å²) in [6, 6.07) is 6.06. The van der Waals surface area contributed by atoms with Gasteiger partial charge in [-0.2, -0.15) is 0 Å². The molecule has 0 radical (unpaired) electrons. The van der Waals surface area contributed by atoms with Gasteiger partial charge in [-0.15, -0.1) is 0 Å². The summed E-state index contributed by atoms with van der Waals surface area (Å²) in [5.41, 5.74) is 11.3. The van der Waals surface area contributed by atoms with Crippen LogP contribution in [-0.2, 0) is 6.54 Å². The van der Waals surface area contributed by atoms with Crippen LogP contribution in [0.1, 0.15) is 17.0 Å². The zero-order valence-corrected chi connectivity index (χ0v) is 11.0. The third-order valence-electron chi connectivity index (χ3n) is 3.25. The molecule has 0 saturated heterocycles. The summed E-state index contributed by atoms with van der Waals surface area (Å²) in [5.74, 6) is 0. The molecule has 96 valence electrons. The summed E-state index contributed by atoms with van der Waals surface area (Å²) < 4.78 is 5.46. The molecular formula is C15H15N3O. The van der Waals surface area contributed by atoms with Gasteiger partial charge in [0.15, 0.2) is 0 Å². The van der Waals surface area contributed by atoms with Crippen molar-refractivity contribution in [2.24, 2.45) is 5.73 Å². The van der Waals surface area contributed by atoms with E-state index in [9.17, 15) is 0 Å². The Morgan fingerprint density at radius 3 is 2.89 bits per heavy atom. The minimum atomic E-state index is 0.396. The molecule has 0 fully saturated rings. The quantitative estimate of drug-likeness (QED) is 0.762. The monoisotopic (exact) mass is 253 g/mol. The molecule has 0 aliphatic rings. The first-order valence-electron chi connectivity index (χ1n) is 6.20. The molecule has 19 heavy (non-hydrogen) atoms. The van der Waals surface area contributed by atoms with Gasteiger partial charge < -0.3 is 10.2 Å². The number of nitrogens with two attached hydrogens (primary N) is 1. The smallest absolute Gasteiger partial charge is 0.134 e. The van der Waals surface area contributed by atoms with Crippen LogP contribution in [0.25, 0.3) is 22.2 Å². The van der Waals surface area contributed by atoms with Crippen LogP contribution in [0, 0.1) is 13.8 Å². The number of furan rings is 1. The van der Waals surface area contributed by atoms with Crippen molar-refractivity contribution in [3.63, 3.8) is 0 Å². The summed E-state index contributed by atoms with van der Waals surface area (Å²) in [6.07, 6.45) is 3.49. The highest BCUT2D eigenvalue weighted by molar-refractivity contribution is 5.85. The first kappa shape index (κ1) is 11.9. The fourth-order valence-corrected chi connectivity index (χ4v) is 2.16. The van der Waals surface area contributed by atoms with Crippen molar-refractivity contribution in [2.45, 2.75) is 20.4 Å². The zero-order valence-electron chi connectivity index (χ0n) is 11.0. The number of benzene rings is 1. The Bertz CT molecular complexity index is 746. The Balaban J connectivity index is 2.20. The second-order valence-electron chi connectivity index (χ2n) is 4.63. The van der Waals surface area contributed by atoms with Crippen LogP contribution in [0.5, 0.6) is 0 Å². The molecule has 1 aromatic carbocycles. The van der Waals surface area contributed by atoms with Crippen LogP contribution in [0.4, 0.5) is 0 Å². The summed E-state index contributed by atoms with van der Waals surface area (Å²) in [4.78, 5) is 8.91. The van der Waals surface area contributed by atoms with E-state index in [1.807, 2.05) is 26.0 Å². The number of aromatic nitrogens is 2. The van der Waals surface area contributed by atoms with E-state index >= 15 is 0 Å². The summed E-state index contributed by atoms with van der Waals surface area (Å²) >= 11 is 0. The molecule has 0 spiro atoms. The Kier molecular flexibility index (Phi) is 2.80. The van der Waals surface area contributed by atoms with Gasteiger partial charge in [-0.3, -0.25) is 4.98 Å². The van der Waals surface area contributed by atoms with Crippen molar-refractivity contribution in [2.75, 3.05) is 0 Å². The van der Waals surface area contributed by atoms with Crippen molar-refractivity contribution in [3.8, 4) is 11.3 Å². The molecule has 2 N–H and O–H groups in total. The number of rotatable bonds is 2. The summed E-state index contributed by atoms with van der Waals surface area (Å²) in [7, 11) is 0. The fraction of sp³-hybridized carbons (Fsp3) is 0.200. The van der Waals surface area contributed by atoms with Gasteiger partial charge in [0.1, 0.15) is 5.58 Å². The van der Waals surface area contributed by atoms with E-state index in [0.717, 1.165) is 39.2 Å². The van der Waals surface area contributed by atoms with Gasteiger partial charge in [0, 0.05) is 17.5 Å². The average molecular weight is 253 g/mol. The first-order chi connectivity index (χ1) is 9.19. The van der Waals surface area contributed by atoms with E-state index in [-0.39, 0.29) is 0 Å². The number of hydrogen-bond acceptors (Lipinski definition) is 4. The maximum absolute atomic E-state index is 5.63. The Hall–Kier alpha value is -2.20. The Morgan fingerprint density at radius 1 is 1.26 bits per heavy atom. The van der Waals surface area contributed by atoms with Gasteiger partial charge in [-0.05, 0) is 37.6 Å². The molecule has 0 amide bonds. The highest BCUT2D eigenvalue weighted by Crippen LogP contribution is 2.27. The van der Waals surface area contributed by atoms with Gasteiger partial charge in [0.25, 0.3) is 0 Å². The molecular weight excluding hydrogens is 238 g/mol. The lowest BCUT2D eigenvalue weighted by Gasteiger charge is -2.06. The predicted octanol–water partition coefficient (Wildman–Crippen LogP) is 2.97. The average Bonchev–Trinajstić information content (AvgIpc) is 2.81. The minimum Gasteiger partial charge on any atom is -0.464 e. The van der Waals surface area contributed by atoms with Crippen LogP contribution in [-0.4, -0.2) is 9.97 Å². The van der Waals surface area contributed by atoms with Gasteiger partial charge in [0.2, 0.25) is 0 Å². The van der Waals surface area contributed by atoms with E-state index in [2.05, 4.69) is 16.0 Å². The molecule has 4 heteroatoms. The van der Waals surface area contributed by atoms with Crippen molar-refractivity contribution >= 4 is 11.0 Å². The zero-order chi connectivity index (χ0) is 13.4. The Labute approximate surface area is 111 Å². The second-order valence-corrected chi connectivity index (χ2v) is 4.63. The van der Waals surface area contributed by atoms with Crippen LogP contribution in [0.15, 0.2) is 35.1 Å². The van der Waals surface area contributed by atoms with Crippen molar-refractivity contribution in [3.05, 3.63) is 47.6 Å². The highest BCUT2D eigenvalue weighted by atomic mass is 16.3. The SMILES string of the molecule is Cc1ncc(CN)nc1-c1ccc2occ(C)c2c1. The van der Waals surface area contributed by atoms with E-state index in [1.54, 1.807) is 12.5 Å². The van der Waals surface area contributed by atoms with Gasteiger partial charge in [-0.25, -0.2) is 4.98 Å². The van der Waals surface area contributed by atoms with E-state index in [0.29, 0.717) is 6.54 Å². The van der Waals surface area contributed by atoms with Crippen LogP contribution in [0.3, 0.4) is 0 Å². The molecule has 0 unspecified atom stereocenters. The maximum atomic E-state index is 5.63. The molecule has 3 rings (SSSR count). The third-order valence-corrected chi connectivity index (χ3v) is 3.25. The molecule has 0 atom stereocenters. The molecule has 0 aliphatic carbocycles. The first-order valence-corrected chi connectivity index (χ1v) is 6.20. The number of aryl methyl sites for hydroxylation is 2. The standard InChI is InChI=1S/C15H15N3O/c1-9-8-19-14-4-3-11(5-13(9)14)15-10(2)17-7-12(6-16)18-15/h3-5,7-8H,6,16H2,1-2H3. The molecule has 0 saturated carbocycles. The lowest BCUT2D eigenvalue weighted by atomic mass is 10.1. The van der Waals surface area contributed by atoms with E-state index < -0.39 is 0 Å². The molecule has 4 nitrogen and oxygen atoms in total.